The molecule has 2 aromatic heterocycles. The summed E-state index contributed by atoms with van der Waals surface area (Å²) in [5, 5.41) is 0.456. The van der Waals surface area contributed by atoms with E-state index < -0.39 is 17.3 Å². The number of benzene rings is 2. The first kappa shape index (κ1) is 18.3. The molecule has 0 radical (unpaired) electrons. The first-order chi connectivity index (χ1) is 14.5. The fraction of sp³-hybridized carbons (Fsp3) is 0.190. The van der Waals surface area contributed by atoms with E-state index in [1.54, 1.807) is 23.1 Å². The third-order valence-electron chi connectivity index (χ3n) is 5.29. The summed E-state index contributed by atoms with van der Waals surface area (Å²) in [6.07, 6.45) is 0. The molecule has 1 aliphatic rings. The monoisotopic (exact) mass is 407 g/mol. The zero-order valence-corrected chi connectivity index (χ0v) is 15.9. The van der Waals surface area contributed by atoms with Crippen LogP contribution in [0.25, 0.3) is 33.3 Å². The molecule has 1 fully saturated rings. The van der Waals surface area contributed by atoms with Crippen LogP contribution in [0.5, 0.6) is 0 Å². The summed E-state index contributed by atoms with van der Waals surface area (Å²) in [4.78, 5) is 37.1. The van der Waals surface area contributed by atoms with Crippen LogP contribution in [0.4, 0.5) is 10.1 Å². The van der Waals surface area contributed by atoms with Gasteiger partial charge in [0.2, 0.25) is 0 Å². The summed E-state index contributed by atoms with van der Waals surface area (Å²) in [5.74, 6) is -1.08. The molecule has 0 aliphatic carbocycles. The van der Waals surface area contributed by atoms with Crippen molar-refractivity contribution in [3.05, 3.63) is 58.1 Å². The highest BCUT2D eigenvalue weighted by Crippen LogP contribution is 2.32. The molecule has 8 nitrogen and oxygen atoms in total. The van der Waals surface area contributed by atoms with Crippen molar-refractivity contribution < 1.29 is 13.9 Å². The van der Waals surface area contributed by atoms with Crippen LogP contribution in [0.3, 0.4) is 0 Å². The van der Waals surface area contributed by atoms with Crippen LogP contribution < -0.4 is 11.3 Å². The van der Waals surface area contributed by atoms with E-state index in [1.807, 2.05) is 6.07 Å². The highest BCUT2D eigenvalue weighted by Gasteiger charge is 2.24. The second-order valence-corrected chi connectivity index (χ2v) is 7.13. The van der Waals surface area contributed by atoms with Crippen molar-refractivity contribution in [2.24, 2.45) is 0 Å². The summed E-state index contributed by atoms with van der Waals surface area (Å²) in [6, 6.07) is 9.77. The molecule has 4 N–H and O–H groups in total. The lowest BCUT2D eigenvalue weighted by molar-refractivity contribution is 0.0300. The molecule has 0 saturated carbocycles. The highest BCUT2D eigenvalue weighted by molar-refractivity contribution is 6.05. The molecule has 0 unspecified atom stereocenters. The van der Waals surface area contributed by atoms with Crippen LogP contribution >= 0.6 is 0 Å². The molecule has 1 amide bonds. The zero-order chi connectivity index (χ0) is 20.8. The molecule has 3 heterocycles. The predicted octanol–water partition coefficient (Wildman–Crippen LogP) is 2.27. The summed E-state index contributed by atoms with van der Waals surface area (Å²) in [5.41, 5.74) is 8.00. The maximum Gasteiger partial charge on any atom is 0.276 e. The summed E-state index contributed by atoms with van der Waals surface area (Å²) < 4.78 is 20.0. The van der Waals surface area contributed by atoms with Crippen molar-refractivity contribution in [3.8, 4) is 11.4 Å². The molecule has 9 heteroatoms. The van der Waals surface area contributed by atoms with Crippen molar-refractivity contribution >= 4 is 33.5 Å². The number of carbonyl (C=O) groups is 1. The molecule has 0 spiro atoms. The van der Waals surface area contributed by atoms with Crippen molar-refractivity contribution in [2.75, 3.05) is 32.0 Å². The number of halogens is 1. The number of morpholine rings is 1. The minimum atomic E-state index is -0.660. The SMILES string of the molecule is Nc1c(-c2nc3ccccc3[nH]c2=O)[nH]c2cc(F)c(C(=O)N3CCOCC3)cc12. The third-order valence-corrected chi connectivity index (χ3v) is 5.29. The number of nitrogens with one attached hydrogen (secondary N) is 2. The minimum Gasteiger partial charge on any atom is -0.396 e. The van der Waals surface area contributed by atoms with Gasteiger partial charge in [-0.05, 0) is 24.3 Å². The average Bonchev–Trinajstić information content (AvgIpc) is 3.08. The van der Waals surface area contributed by atoms with Gasteiger partial charge >= 0.3 is 0 Å². The lowest BCUT2D eigenvalue weighted by Gasteiger charge is -2.27. The van der Waals surface area contributed by atoms with Gasteiger partial charge in [0, 0.05) is 18.5 Å². The van der Waals surface area contributed by atoms with Gasteiger partial charge < -0.3 is 25.3 Å². The number of anilines is 1. The number of carbonyl (C=O) groups excluding carboxylic acids is 1. The largest absolute Gasteiger partial charge is 0.396 e. The van der Waals surface area contributed by atoms with E-state index in [1.165, 1.54) is 12.1 Å². The van der Waals surface area contributed by atoms with Crippen LogP contribution in [-0.4, -0.2) is 52.1 Å². The summed E-state index contributed by atoms with van der Waals surface area (Å²) in [6.45, 7) is 1.64. The number of nitrogens with two attached hydrogens (primary N) is 1. The summed E-state index contributed by atoms with van der Waals surface area (Å²) in [7, 11) is 0. The number of nitrogen functional groups attached to an aromatic ring is 1. The molecule has 0 atom stereocenters. The van der Waals surface area contributed by atoms with Gasteiger partial charge in [0.1, 0.15) is 5.82 Å². The second kappa shape index (κ2) is 6.96. The van der Waals surface area contributed by atoms with Crippen LogP contribution in [0.1, 0.15) is 10.4 Å². The molecule has 2 aromatic carbocycles. The first-order valence-corrected chi connectivity index (χ1v) is 9.50. The van der Waals surface area contributed by atoms with Gasteiger partial charge in [0.15, 0.2) is 5.69 Å². The fourth-order valence-electron chi connectivity index (χ4n) is 3.72. The Hall–Kier alpha value is -3.72. The molecule has 0 bridgehead atoms. The molecular formula is C21H18FN5O3. The van der Waals surface area contributed by atoms with Crippen LogP contribution in [0.2, 0.25) is 0 Å². The molecule has 4 aromatic rings. The number of amides is 1. The van der Waals surface area contributed by atoms with E-state index in [2.05, 4.69) is 15.0 Å². The van der Waals surface area contributed by atoms with E-state index >= 15 is 0 Å². The number of fused-ring (bicyclic) bond motifs is 2. The number of ether oxygens (including phenoxy) is 1. The average molecular weight is 407 g/mol. The number of hydrogen-bond acceptors (Lipinski definition) is 5. The van der Waals surface area contributed by atoms with Crippen LogP contribution in [-0.2, 0) is 4.74 Å². The maximum atomic E-state index is 14.7. The van der Waals surface area contributed by atoms with Crippen molar-refractivity contribution in [3.63, 3.8) is 0 Å². The number of H-pyrrole nitrogens is 2. The van der Waals surface area contributed by atoms with E-state index in [9.17, 15) is 14.0 Å². The van der Waals surface area contributed by atoms with E-state index in [0.717, 1.165) is 0 Å². The zero-order valence-electron chi connectivity index (χ0n) is 15.9. The third kappa shape index (κ3) is 2.91. The Bertz CT molecular complexity index is 1350. The van der Waals surface area contributed by atoms with Crippen molar-refractivity contribution in [2.45, 2.75) is 0 Å². The highest BCUT2D eigenvalue weighted by atomic mass is 19.1. The molecule has 1 aliphatic heterocycles. The minimum absolute atomic E-state index is 0.0676. The number of para-hydroxylation sites is 2. The van der Waals surface area contributed by atoms with Crippen molar-refractivity contribution in [1.82, 2.24) is 19.9 Å². The number of rotatable bonds is 2. The predicted molar refractivity (Wildman–Crippen MR) is 111 cm³/mol. The number of nitrogens with zero attached hydrogens (tertiary/aromatic N) is 2. The van der Waals surface area contributed by atoms with Gasteiger partial charge in [-0.15, -0.1) is 0 Å². The van der Waals surface area contributed by atoms with Gasteiger partial charge in [0.25, 0.3) is 11.5 Å². The Balaban J connectivity index is 1.63. The van der Waals surface area contributed by atoms with Crippen LogP contribution in [0.15, 0.2) is 41.2 Å². The molecule has 1 saturated heterocycles. The topological polar surface area (TPSA) is 117 Å². The first-order valence-electron chi connectivity index (χ1n) is 9.50. The van der Waals surface area contributed by atoms with Crippen molar-refractivity contribution in [1.29, 1.82) is 0 Å². The van der Waals surface area contributed by atoms with E-state index in [4.69, 9.17) is 10.5 Å². The Morgan fingerprint density at radius 2 is 1.90 bits per heavy atom. The Kier molecular flexibility index (Phi) is 4.25. The van der Waals surface area contributed by atoms with Gasteiger partial charge in [-0.25, -0.2) is 9.37 Å². The lowest BCUT2D eigenvalue weighted by atomic mass is 10.1. The normalized spacial score (nSPS) is 14.5. The van der Waals surface area contributed by atoms with Gasteiger partial charge in [0.05, 0.1) is 46.7 Å². The second-order valence-electron chi connectivity index (χ2n) is 7.13. The molecule has 5 rings (SSSR count). The molecule has 152 valence electrons. The molecule has 30 heavy (non-hydrogen) atoms. The molecular weight excluding hydrogens is 389 g/mol. The number of aromatic nitrogens is 3. The lowest BCUT2D eigenvalue weighted by Crippen LogP contribution is -2.41. The van der Waals surface area contributed by atoms with E-state index in [0.29, 0.717) is 48.2 Å². The Labute approximate surface area is 169 Å². The number of aromatic amines is 2. The Morgan fingerprint density at radius 1 is 1.13 bits per heavy atom. The standard InChI is InChI=1S/C21H18FN5O3/c22-13-10-16-12(9-11(13)21(29)27-5-7-30-8-6-27)17(23)18(25-16)19-20(28)26-15-4-2-1-3-14(15)24-19/h1-4,9-10,25H,5-8,23H2,(H,26,28). The van der Waals surface area contributed by atoms with Gasteiger partial charge in [-0.1, -0.05) is 12.1 Å². The number of hydrogen-bond donors (Lipinski definition) is 3. The smallest absolute Gasteiger partial charge is 0.276 e. The Morgan fingerprint density at radius 3 is 2.70 bits per heavy atom. The van der Waals surface area contributed by atoms with Gasteiger partial charge in [-0.3, -0.25) is 9.59 Å². The van der Waals surface area contributed by atoms with Crippen LogP contribution in [0, 0.1) is 5.82 Å². The summed E-state index contributed by atoms with van der Waals surface area (Å²) >= 11 is 0. The maximum absolute atomic E-state index is 14.7. The quantitative estimate of drug-likeness (QED) is 0.471. The van der Waals surface area contributed by atoms with E-state index in [-0.39, 0.29) is 22.6 Å². The fourth-order valence-corrected chi connectivity index (χ4v) is 3.72. The van der Waals surface area contributed by atoms with Gasteiger partial charge in [-0.2, -0.15) is 0 Å².